The summed E-state index contributed by atoms with van der Waals surface area (Å²) >= 11 is 1.65. The van der Waals surface area contributed by atoms with Crippen LogP contribution in [0.4, 0.5) is 5.69 Å². The van der Waals surface area contributed by atoms with Gasteiger partial charge in [0.15, 0.2) is 0 Å². The molecule has 0 aliphatic heterocycles. The van der Waals surface area contributed by atoms with E-state index in [0.717, 1.165) is 22.0 Å². The number of H-pyrrole nitrogens is 2. The number of hydrogen-bond acceptors (Lipinski definition) is 3. The monoisotopic (exact) mass is 221 g/mol. The van der Waals surface area contributed by atoms with Gasteiger partial charge in [-0.1, -0.05) is 0 Å². The van der Waals surface area contributed by atoms with Crippen LogP contribution in [0.3, 0.4) is 0 Å². The Morgan fingerprint density at radius 3 is 2.53 bits per heavy atom. The number of thioether (sulfide) groups is 1. The van der Waals surface area contributed by atoms with Crippen molar-refractivity contribution in [3.63, 3.8) is 0 Å². The summed E-state index contributed by atoms with van der Waals surface area (Å²) in [5, 5.41) is 5.30. The van der Waals surface area contributed by atoms with Gasteiger partial charge in [0.2, 0.25) is 0 Å². The number of nitrogens with one attached hydrogen (secondary N) is 2. The standard InChI is InChI=1S/C10H11N3OS/c11-7-1-3-9(4-2-7)15-6-8-5-10(14)13-12-8/h1-5H,6,11H2,(H2,12,13,14). The lowest BCUT2D eigenvalue weighted by Crippen LogP contribution is -1.93. The Morgan fingerprint density at radius 2 is 1.93 bits per heavy atom. The summed E-state index contributed by atoms with van der Waals surface area (Å²) in [4.78, 5) is 12.0. The predicted molar refractivity (Wildman–Crippen MR) is 61.8 cm³/mol. The lowest BCUT2D eigenvalue weighted by atomic mass is 10.3. The van der Waals surface area contributed by atoms with E-state index >= 15 is 0 Å². The molecule has 78 valence electrons. The summed E-state index contributed by atoms with van der Waals surface area (Å²) in [6, 6.07) is 9.21. The van der Waals surface area contributed by atoms with Crippen molar-refractivity contribution in [1.29, 1.82) is 0 Å². The number of hydrogen-bond donors (Lipinski definition) is 3. The number of benzene rings is 1. The lowest BCUT2D eigenvalue weighted by Gasteiger charge is -1.99. The van der Waals surface area contributed by atoms with Gasteiger partial charge in [-0.05, 0) is 24.3 Å². The number of nitrogen functional groups attached to an aromatic ring is 1. The van der Waals surface area contributed by atoms with Crippen LogP contribution in [0.25, 0.3) is 0 Å². The average molecular weight is 221 g/mol. The Kier molecular flexibility index (Phi) is 2.82. The van der Waals surface area contributed by atoms with Gasteiger partial charge < -0.3 is 10.8 Å². The predicted octanol–water partition coefficient (Wildman–Crippen LogP) is 1.58. The van der Waals surface area contributed by atoms with Gasteiger partial charge >= 0.3 is 0 Å². The lowest BCUT2D eigenvalue weighted by molar-refractivity contribution is 1.02. The maximum atomic E-state index is 10.8. The zero-order chi connectivity index (χ0) is 10.7. The third-order valence-electron chi connectivity index (χ3n) is 1.93. The van der Waals surface area contributed by atoms with E-state index in [9.17, 15) is 4.79 Å². The third-order valence-corrected chi connectivity index (χ3v) is 2.99. The molecule has 0 radical (unpaired) electrons. The quantitative estimate of drug-likeness (QED) is 0.544. The Hall–Kier alpha value is -1.62. The molecule has 1 aromatic carbocycles. The highest BCUT2D eigenvalue weighted by atomic mass is 32.2. The van der Waals surface area contributed by atoms with Gasteiger partial charge in [-0.3, -0.25) is 9.89 Å². The summed E-state index contributed by atoms with van der Waals surface area (Å²) in [5.41, 5.74) is 7.13. The number of nitrogens with two attached hydrogens (primary N) is 1. The minimum Gasteiger partial charge on any atom is -0.399 e. The molecule has 0 saturated heterocycles. The van der Waals surface area contributed by atoms with Gasteiger partial charge in [-0.25, -0.2) is 0 Å². The first kappa shape index (κ1) is 9.92. The van der Waals surface area contributed by atoms with Crippen LogP contribution in [0.2, 0.25) is 0 Å². The summed E-state index contributed by atoms with van der Waals surface area (Å²) in [7, 11) is 0. The zero-order valence-corrected chi connectivity index (χ0v) is 8.80. The summed E-state index contributed by atoms with van der Waals surface area (Å²) in [6.07, 6.45) is 0. The largest absolute Gasteiger partial charge is 0.399 e. The van der Waals surface area contributed by atoms with Crippen LogP contribution in [0, 0.1) is 0 Å². The van der Waals surface area contributed by atoms with Gasteiger partial charge in [-0.2, -0.15) is 0 Å². The van der Waals surface area contributed by atoms with Crippen molar-refractivity contribution in [2.45, 2.75) is 10.6 Å². The van der Waals surface area contributed by atoms with Crippen molar-refractivity contribution < 1.29 is 0 Å². The Bertz CT molecular complexity index is 486. The van der Waals surface area contributed by atoms with Crippen LogP contribution in [-0.4, -0.2) is 10.2 Å². The molecule has 0 atom stereocenters. The average Bonchev–Trinajstić information content (AvgIpc) is 2.64. The van der Waals surface area contributed by atoms with Gasteiger partial charge in [0.05, 0.1) is 0 Å². The molecule has 0 amide bonds. The molecular weight excluding hydrogens is 210 g/mol. The normalized spacial score (nSPS) is 10.4. The fraction of sp³-hybridized carbons (Fsp3) is 0.100. The van der Waals surface area contributed by atoms with E-state index < -0.39 is 0 Å². The Labute approximate surface area is 90.9 Å². The number of anilines is 1. The minimum absolute atomic E-state index is 0.0945. The van der Waals surface area contributed by atoms with E-state index in [1.54, 1.807) is 17.8 Å². The van der Waals surface area contributed by atoms with E-state index in [-0.39, 0.29) is 5.56 Å². The maximum absolute atomic E-state index is 10.8. The molecule has 5 heteroatoms. The molecule has 1 heterocycles. The fourth-order valence-electron chi connectivity index (χ4n) is 1.18. The van der Waals surface area contributed by atoms with Crippen molar-refractivity contribution in [3.8, 4) is 0 Å². The van der Waals surface area contributed by atoms with Crippen LogP contribution in [0.1, 0.15) is 5.69 Å². The van der Waals surface area contributed by atoms with Gasteiger partial charge in [0.1, 0.15) is 0 Å². The molecule has 0 aliphatic rings. The Balaban J connectivity index is 1.99. The second-order valence-corrected chi connectivity index (χ2v) is 4.19. The van der Waals surface area contributed by atoms with E-state index in [1.165, 1.54) is 0 Å². The molecule has 2 aromatic rings. The van der Waals surface area contributed by atoms with Crippen molar-refractivity contribution in [2.24, 2.45) is 0 Å². The molecule has 2 rings (SSSR count). The molecule has 0 unspecified atom stereocenters. The molecular formula is C10H11N3OS. The number of aromatic amines is 2. The molecule has 4 nitrogen and oxygen atoms in total. The fourth-order valence-corrected chi connectivity index (χ4v) is 1.98. The first-order valence-electron chi connectivity index (χ1n) is 4.49. The van der Waals surface area contributed by atoms with E-state index in [4.69, 9.17) is 5.73 Å². The summed E-state index contributed by atoms with van der Waals surface area (Å²) in [6.45, 7) is 0. The Morgan fingerprint density at radius 1 is 1.20 bits per heavy atom. The minimum atomic E-state index is -0.0945. The third kappa shape index (κ3) is 2.66. The zero-order valence-electron chi connectivity index (χ0n) is 7.99. The second kappa shape index (κ2) is 4.27. The van der Waals surface area contributed by atoms with Crippen molar-refractivity contribution >= 4 is 17.4 Å². The van der Waals surface area contributed by atoms with E-state index in [1.807, 2.05) is 24.3 Å². The molecule has 0 aliphatic carbocycles. The van der Waals surface area contributed by atoms with E-state index in [0.29, 0.717) is 0 Å². The van der Waals surface area contributed by atoms with Gasteiger partial charge in [0, 0.05) is 28.1 Å². The molecule has 4 N–H and O–H groups in total. The molecule has 15 heavy (non-hydrogen) atoms. The molecule has 1 aromatic heterocycles. The van der Waals surface area contributed by atoms with Crippen molar-refractivity contribution in [2.75, 3.05) is 5.73 Å². The van der Waals surface area contributed by atoms with Gasteiger partial charge in [0.25, 0.3) is 5.56 Å². The van der Waals surface area contributed by atoms with Crippen LogP contribution < -0.4 is 11.3 Å². The maximum Gasteiger partial charge on any atom is 0.264 e. The first-order valence-corrected chi connectivity index (χ1v) is 5.47. The summed E-state index contributed by atoms with van der Waals surface area (Å²) < 4.78 is 0. The van der Waals surface area contributed by atoms with Crippen LogP contribution >= 0.6 is 11.8 Å². The van der Waals surface area contributed by atoms with Crippen molar-refractivity contribution in [1.82, 2.24) is 10.2 Å². The van der Waals surface area contributed by atoms with Crippen molar-refractivity contribution in [3.05, 3.63) is 46.4 Å². The SMILES string of the molecule is Nc1ccc(SCc2cc(=O)[nH][nH]2)cc1. The second-order valence-electron chi connectivity index (χ2n) is 3.14. The van der Waals surface area contributed by atoms with Gasteiger partial charge in [-0.15, -0.1) is 11.8 Å². The first-order chi connectivity index (χ1) is 7.24. The highest BCUT2D eigenvalue weighted by molar-refractivity contribution is 7.98. The molecule has 0 bridgehead atoms. The van der Waals surface area contributed by atoms with E-state index in [2.05, 4.69) is 10.2 Å². The van der Waals surface area contributed by atoms with Crippen LogP contribution in [0.5, 0.6) is 0 Å². The summed E-state index contributed by atoms with van der Waals surface area (Å²) in [5.74, 6) is 0.739. The van der Waals surface area contributed by atoms with Crippen LogP contribution in [0.15, 0.2) is 40.0 Å². The molecule has 0 fully saturated rings. The smallest absolute Gasteiger partial charge is 0.264 e. The number of rotatable bonds is 3. The number of aromatic nitrogens is 2. The molecule has 0 spiro atoms. The highest BCUT2D eigenvalue weighted by Crippen LogP contribution is 2.22. The van der Waals surface area contributed by atoms with Crippen LogP contribution in [-0.2, 0) is 5.75 Å². The highest BCUT2D eigenvalue weighted by Gasteiger charge is 1.98. The molecule has 0 saturated carbocycles. The topological polar surface area (TPSA) is 74.7 Å².